The topological polar surface area (TPSA) is 25.8 Å². The van der Waals surface area contributed by atoms with Gasteiger partial charge in [-0.25, -0.2) is 9.97 Å². The number of hydrogen-bond acceptors (Lipinski definition) is 2. The van der Waals surface area contributed by atoms with E-state index in [0.717, 1.165) is 12.2 Å². The number of hydrogen-bond donors (Lipinski definition) is 0. The van der Waals surface area contributed by atoms with Crippen LogP contribution in [0.15, 0.2) is 18.5 Å². The summed E-state index contributed by atoms with van der Waals surface area (Å²) in [6.45, 7) is 2.00. The minimum atomic E-state index is 0.862. The predicted molar refractivity (Wildman–Crippen MR) is 35.7 cm³/mol. The fourth-order valence-electron chi connectivity index (χ4n) is 0.618. The maximum absolute atomic E-state index is 4.03. The zero-order valence-corrected chi connectivity index (χ0v) is 5.41. The van der Waals surface area contributed by atoms with Crippen molar-refractivity contribution in [3.8, 4) is 0 Å². The Labute approximate surface area is 55.0 Å². The van der Waals surface area contributed by atoms with E-state index in [1.54, 1.807) is 12.4 Å². The van der Waals surface area contributed by atoms with E-state index in [4.69, 9.17) is 0 Å². The van der Waals surface area contributed by atoms with Gasteiger partial charge in [0.1, 0.15) is 5.82 Å². The molecule has 0 aliphatic heterocycles. The first kappa shape index (κ1) is 6.20. The molecule has 0 spiro atoms. The average Bonchev–Trinajstić information content (AvgIpc) is 1.91. The third-order valence-corrected chi connectivity index (χ3v) is 1.01. The molecule has 47 valence electrons. The van der Waals surface area contributed by atoms with Gasteiger partial charge in [-0.1, -0.05) is 6.92 Å². The molecule has 0 N–H and O–H groups in total. The number of rotatable bonds is 2. The third kappa shape index (κ3) is 1.80. The van der Waals surface area contributed by atoms with Gasteiger partial charge in [0.15, 0.2) is 0 Å². The van der Waals surface area contributed by atoms with Gasteiger partial charge in [-0.2, -0.15) is 0 Å². The smallest absolute Gasteiger partial charge is 0.128 e. The van der Waals surface area contributed by atoms with Crippen LogP contribution < -0.4 is 0 Å². The molecule has 0 unspecified atom stereocenters. The van der Waals surface area contributed by atoms with E-state index >= 15 is 0 Å². The molecule has 0 fully saturated rings. The normalized spacial score (nSPS) is 9.44. The second kappa shape index (κ2) is 3.17. The highest BCUT2D eigenvalue weighted by molar-refractivity contribution is 4.91. The molecule has 0 aliphatic rings. The first-order chi connectivity index (χ1) is 4.43. The molecule has 0 atom stereocenters. The van der Waals surface area contributed by atoms with Crippen LogP contribution in [0.3, 0.4) is 0 Å². The number of aromatic nitrogens is 2. The van der Waals surface area contributed by atoms with Crippen molar-refractivity contribution in [2.45, 2.75) is 13.3 Å². The van der Waals surface area contributed by atoms with E-state index in [2.05, 4.69) is 9.97 Å². The van der Waals surface area contributed by atoms with Crippen molar-refractivity contribution in [2.75, 3.05) is 0 Å². The van der Waals surface area contributed by atoms with Gasteiger partial charge in [0.25, 0.3) is 0 Å². The summed E-state index contributed by atoms with van der Waals surface area (Å²) >= 11 is 0. The molecule has 2 heteroatoms. The SMILES string of the molecule is C[CH]Cc1ncccn1. The van der Waals surface area contributed by atoms with Crippen molar-refractivity contribution < 1.29 is 0 Å². The standard InChI is InChI=1S/C7H9N2/c1-2-4-7-8-5-3-6-9-7/h2-3,5-6H,4H2,1H3. The summed E-state index contributed by atoms with van der Waals surface area (Å²) in [5.41, 5.74) is 0. The fraction of sp³-hybridized carbons (Fsp3) is 0.286. The van der Waals surface area contributed by atoms with Gasteiger partial charge >= 0.3 is 0 Å². The Hall–Kier alpha value is -0.920. The Kier molecular flexibility index (Phi) is 2.19. The molecule has 1 radical (unpaired) electrons. The zero-order chi connectivity index (χ0) is 6.53. The molecule has 0 aliphatic carbocycles. The molecule has 0 saturated carbocycles. The van der Waals surface area contributed by atoms with Crippen molar-refractivity contribution in [2.24, 2.45) is 0 Å². The van der Waals surface area contributed by atoms with Crippen LogP contribution in [0.25, 0.3) is 0 Å². The van der Waals surface area contributed by atoms with Crippen LogP contribution in [0.4, 0.5) is 0 Å². The van der Waals surface area contributed by atoms with Crippen molar-refractivity contribution >= 4 is 0 Å². The lowest BCUT2D eigenvalue weighted by molar-refractivity contribution is 0.949. The Bertz CT molecular complexity index is 160. The van der Waals surface area contributed by atoms with Crippen LogP contribution in [0.2, 0.25) is 0 Å². The Morgan fingerprint density at radius 1 is 1.44 bits per heavy atom. The molecule has 1 aromatic rings. The van der Waals surface area contributed by atoms with Gasteiger partial charge in [-0.15, -0.1) is 0 Å². The molecule has 0 bridgehead atoms. The molecule has 1 aromatic heterocycles. The fourth-order valence-corrected chi connectivity index (χ4v) is 0.618. The quantitative estimate of drug-likeness (QED) is 0.588. The van der Waals surface area contributed by atoms with E-state index in [1.165, 1.54) is 0 Å². The average molecular weight is 121 g/mol. The summed E-state index contributed by atoms with van der Waals surface area (Å²) in [6, 6.07) is 1.82. The lowest BCUT2D eigenvalue weighted by Gasteiger charge is -1.91. The monoisotopic (exact) mass is 121 g/mol. The zero-order valence-electron chi connectivity index (χ0n) is 5.41. The second-order valence-electron chi connectivity index (χ2n) is 1.78. The molecular weight excluding hydrogens is 112 g/mol. The molecule has 2 nitrogen and oxygen atoms in total. The maximum atomic E-state index is 4.03. The van der Waals surface area contributed by atoms with Gasteiger partial charge in [-0.05, 0) is 12.5 Å². The van der Waals surface area contributed by atoms with E-state index in [0.29, 0.717) is 0 Å². The van der Waals surface area contributed by atoms with Gasteiger partial charge in [-0.3, -0.25) is 0 Å². The molecular formula is C7H9N2. The van der Waals surface area contributed by atoms with Gasteiger partial charge in [0.05, 0.1) is 0 Å². The van der Waals surface area contributed by atoms with Crippen molar-refractivity contribution in [3.05, 3.63) is 30.7 Å². The van der Waals surface area contributed by atoms with Crippen LogP contribution in [-0.4, -0.2) is 9.97 Å². The highest BCUT2D eigenvalue weighted by Gasteiger charge is 1.88. The summed E-state index contributed by atoms with van der Waals surface area (Å²) in [4.78, 5) is 8.05. The molecule has 9 heavy (non-hydrogen) atoms. The third-order valence-electron chi connectivity index (χ3n) is 1.01. The Morgan fingerprint density at radius 3 is 2.67 bits per heavy atom. The molecule has 0 aromatic carbocycles. The van der Waals surface area contributed by atoms with Crippen molar-refractivity contribution in [1.29, 1.82) is 0 Å². The van der Waals surface area contributed by atoms with Crippen molar-refractivity contribution in [3.63, 3.8) is 0 Å². The molecule has 1 rings (SSSR count). The van der Waals surface area contributed by atoms with Crippen LogP contribution in [0, 0.1) is 6.42 Å². The Morgan fingerprint density at radius 2 is 2.11 bits per heavy atom. The summed E-state index contributed by atoms with van der Waals surface area (Å²) in [5.74, 6) is 0.889. The largest absolute Gasteiger partial charge is 0.241 e. The van der Waals surface area contributed by atoms with Gasteiger partial charge in [0, 0.05) is 18.8 Å². The summed E-state index contributed by atoms with van der Waals surface area (Å²) in [7, 11) is 0. The number of nitrogens with zero attached hydrogens (tertiary/aromatic N) is 2. The minimum Gasteiger partial charge on any atom is -0.241 e. The maximum Gasteiger partial charge on any atom is 0.128 e. The summed E-state index contributed by atoms with van der Waals surface area (Å²) < 4.78 is 0. The first-order valence-corrected chi connectivity index (χ1v) is 2.97. The predicted octanol–water partition coefficient (Wildman–Crippen LogP) is 1.24. The lowest BCUT2D eigenvalue weighted by Crippen LogP contribution is -1.90. The summed E-state index contributed by atoms with van der Waals surface area (Å²) in [6.07, 6.45) is 6.41. The molecule has 0 amide bonds. The summed E-state index contributed by atoms with van der Waals surface area (Å²) in [5, 5.41) is 0. The van der Waals surface area contributed by atoms with Crippen LogP contribution in [0.1, 0.15) is 12.7 Å². The highest BCUT2D eigenvalue weighted by Crippen LogP contribution is 1.90. The van der Waals surface area contributed by atoms with E-state index in [-0.39, 0.29) is 0 Å². The Balaban J connectivity index is 2.61. The van der Waals surface area contributed by atoms with Crippen molar-refractivity contribution in [1.82, 2.24) is 9.97 Å². The second-order valence-corrected chi connectivity index (χ2v) is 1.78. The molecule has 0 saturated heterocycles. The van der Waals surface area contributed by atoms with E-state index in [9.17, 15) is 0 Å². The van der Waals surface area contributed by atoms with E-state index in [1.807, 2.05) is 19.4 Å². The minimum absolute atomic E-state index is 0.862. The van der Waals surface area contributed by atoms with Gasteiger partial charge < -0.3 is 0 Å². The molecule has 1 heterocycles. The highest BCUT2D eigenvalue weighted by atomic mass is 14.8. The first-order valence-electron chi connectivity index (χ1n) is 2.97. The van der Waals surface area contributed by atoms with E-state index < -0.39 is 0 Å². The van der Waals surface area contributed by atoms with Crippen LogP contribution in [-0.2, 0) is 6.42 Å². The van der Waals surface area contributed by atoms with Crippen LogP contribution >= 0.6 is 0 Å². The lowest BCUT2D eigenvalue weighted by atomic mass is 10.3. The van der Waals surface area contributed by atoms with Crippen LogP contribution in [0.5, 0.6) is 0 Å². The van der Waals surface area contributed by atoms with Gasteiger partial charge in [0.2, 0.25) is 0 Å².